The molecule has 0 aliphatic carbocycles. The van der Waals surface area contributed by atoms with Crippen LogP contribution in [-0.2, 0) is 9.59 Å². The molecule has 2 aromatic rings. The second kappa shape index (κ2) is 7.89. The van der Waals surface area contributed by atoms with E-state index in [0.29, 0.717) is 11.4 Å². The van der Waals surface area contributed by atoms with Crippen LogP contribution in [0.3, 0.4) is 0 Å². The molecule has 2 aliphatic rings. The minimum atomic E-state index is -0.339. The third kappa shape index (κ3) is 3.99. The van der Waals surface area contributed by atoms with E-state index in [1.54, 1.807) is 6.20 Å². The number of halogens is 1. The number of benzene rings is 2. The zero-order valence-electron chi connectivity index (χ0n) is 16.4. The lowest BCUT2D eigenvalue weighted by Gasteiger charge is -2.31. The van der Waals surface area contributed by atoms with E-state index in [1.807, 2.05) is 67.5 Å². The van der Waals surface area contributed by atoms with Gasteiger partial charge in [0.15, 0.2) is 0 Å². The van der Waals surface area contributed by atoms with Gasteiger partial charge in [-0.25, -0.2) is 5.43 Å². The summed E-state index contributed by atoms with van der Waals surface area (Å²) in [7, 11) is 0. The Balaban J connectivity index is 1.41. The number of amides is 2. The minimum absolute atomic E-state index is 0.0152. The number of fused-ring (bicyclic) bond motifs is 1. The van der Waals surface area contributed by atoms with Crippen molar-refractivity contribution in [1.29, 1.82) is 0 Å². The molecule has 2 N–H and O–H groups in total. The van der Waals surface area contributed by atoms with E-state index in [0.717, 1.165) is 22.4 Å². The largest absolute Gasteiger partial charge is 0.324 e. The van der Waals surface area contributed by atoms with E-state index >= 15 is 0 Å². The molecule has 0 radical (unpaired) electrons. The Morgan fingerprint density at radius 2 is 1.93 bits per heavy atom. The Labute approximate surface area is 175 Å². The maximum absolute atomic E-state index is 12.9. The van der Waals surface area contributed by atoms with Crippen LogP contribution in [0.1, 0.15) is 29.2 Å². The molecule has 0 saturated carbocycles. The normalized spacial score (nSPS) is 20.7. The van der Waals surface area contributed by atoms with Gasteiger partial charge in [-0.3, -0.25) is 9.59 Å². The molecule has 1 fully saturated rings. The second-order valence-corrected chi connectivity index (χ2v) is 7.89. The quantitative estimate of drug-likeness (QED) is 0.809. The number of rotatable bonds is 4. The molecule has 2 atom stereocenters. The zero-order chi connectivity index (χ0) is 20.5. The summed E-state index contributed by atoms with van der Waals surface area (Å²) >= 11 is 5.97. The Morgan fingerprint density at radius 1 is 1.17 bits per heavy atom. The van der Waals surface area contributed by atoms with Crippen molar-refractivity contribution >= 4 is 29.1 Å². The van der Waals surface area contributed by atoms with Crippen LogP contribution in [-0.4, -0.2) is 34.3 Å². The Morgan fingerprint density at radius 3 is 2.69 bits per heavy atom. The van der Waals surface area contributed by atoms with Gasteiger partial charge in [0.05, 0.1) is 6.04 Å². The first-order chi connectivity index (χ1) is 13.9. The number of hydrogen-bond donors (Lipinski definition) is 2. The van der Waals surface area contributed by atoms with Crippen LogP contribution in [0.25, 0.3) is 0 Å². The fourth-order valence-electron chi connectivity index (χ4n) is 3.71. The van der Waals surface area contributed by atoms with Gasteiger partial charge in [-0.05, 0) is 55.2 Å². The maximum atomic E-state index is 12.9. The lowest BCUT2D eigenvalue weighted by atomic mass is 10.0. The summed E-state index contributed by atoms with van der Waals surface area (Å²) in [5, 5.41) is 5.41. The van der Waals surface area contributed by atoms with Gasteiger partial charge in [-0.2, -0.15) is 0 Å². The van der Waals surface area contributed by atoms with Crippen LogP contribution in [0, 0.1) is 13.8 Å². The van der Waals surface area contributed by atoms with Gasteiger partial charge in [0.1, 0.15) is 12.6 Å². The van der Waals surface area contributed by atoms with Gasteiger partial charge in [-0.15, -0.1) is 0 Å². The number of anilines is 1. The Hall–Kier alpha value is -2.83. The topological polar surface area (TPSA) is 64.7 Å². The summed E-state index contributed by atoms with van der Waals surface area (Å²) in [6.45, 7) is 3.95. The lowest BCUT2D eigenvalue weighted by molar-refractivity contribution is -0.137. The summed E-state index contributed by atoms with van der Waals surface area (Å²) < 4.78 is 0. The predicted molar refractivity (Wildman–Crippen MR) is 113 cm³/mol. The van der Waals surface area contributed by atoms with Gasteiger partial charge >= 0.3 is 0 Å². The Kier molecular flexibility index (Phi) is 5.30. The lowest BCUT2D eigenvalue weighted by Crippen LogP contribution is -2.49. The zero-order valence-corrected chi connectivity index (χ0v) is 17.1. The van der Waals surface area contributed by atoms with E-state index in [-0.39, 0.29) is 30.4 Å². The van der Waals surface area contributed by atoms with Crippen molar-refractivity contribution in [2.75, 3.05) is 11.9 Å². The van der Waals surface area contributed by atoms with E-state index in [9.17, 15) is 9.59 Å². The first kappa shape index (κ1) is 19.5. The molecule has 29 heavy (non-hydrogen) atoms. The molecule has 2 heterocycles. The van der Waals surface area contributed by atoms with Crippen molar-refractivity contribution in [2.24, 2.45) is 0 Å². The molecule has 2 amide bonds. The summed E-state index contributed by atoms with van der Waals surface area (Å²) in [5.74, 6) is -0.307. The molecule has 0 spiro atoms. The second-order valence-electron chi connectivity index (χ2n) is 7.45. The van der Waals surface area contributed by atoms with Gasteiger partial charge in [0, 0.05) is 23.1 Å². The number of nitrogens with zero attached hydrogens (tertiary/aromatic N) is 2. The third-order valence-corrected chi connectivity index (χ3v) is 5.79. The average Bonchev–Trinajstić information content (AvgIpc) is 3.13. The van der Waals surface area contributed by atoms with Crippen molar-refractivity contribution in [3.05, 3.63) is 76.6 Å². The van der Waals surface area contributed by atoms with E-state index < -0.39 is 0 Å². The molecule has 7 heteroatoms. The van der Waals surface area contributed by atoms with Crippen LogP contribution in [0.15, 0.2) is 54.9 Å². The molecule has 2 unspecified atom stereocenters. The molecule has 150 valence electrons. The first-order valence-electron chi connectivity index (χ1n) is 9.57. The van der Waals surface area contributed by atoms with Gasteiger partial charge in [0.25, 0.3) is 5.91 Å². The van der Waals surface area contributed by atoms with Crippen molar-refractivity contribution < 1.29 is 9.59 Å². The predicted octanol–water partition coefficient (Wildman–Crippen LogP) is 3.53. The summed E-state index contributed by atoms with van der Waals surface area (Å²) in [5.41, 5.74) is 7.32. The SMILES string of the molecule is Cc1cccc(NC(=O)CN2C=CN3NC(c4ccc(Cl)cc4)CC3C2=O)c1C. The average molecular weight is 411 g/mol. The molecular weight excluding hydrogens is 388 g/mol. The highest BCUT2D eigenvalue weighted by Crippen LogP contribution is 2.31. The maximum Gasteiger partial charge on any atom is 0.251 e. The molecule has 0 aromatic heterocycles. The molecule has 2 aliphatic heterocycles. The highest BCUT2D eigenvalue weighted by molar-refractivity contribution is 6.30. The number of hydrazine groups is 1. The molecule has 1 saturated heterocycles. The minimum Gasteiger partial charge on any atom is -0.324 e. The molecular formula is C22H23ClN4O2. The summed E-state index contributed by atoms with van der Waals surface area (Å²) in [4.78, 5) is 26.9. The van der Waals surface area contributed by atoms with Crippen LogP contribution < -0.4 is 10.7 Å². The van der Waals surface area contributed by atoms with Crippen molar-refractivity contribution in [2.45, 2.75) is 32.4 Å². The van der Waals surface area contributed by atoms with E-state index in [4.69, 9.17) is 11.6 Å². The standard InChI is InChI=1S/C22H23ClN4O2/c1-14-4-3-5-18(15(14)2)24-21(28)13-26-10-11-27-20(22(26)29)12-19(25-27)16-6-8-17(23)9-7-16/h3-11,19-20,25H,12-13H2,1-2H3,(H,24,28). The third-order valence-electron chi connectivity index (χ3n) is 5.54. The number of carbonyl (C=O) groups is 2. The van der Waals surface area contributed by atoms with Crippen molar-refractivity contribution in [1.82, 2.24) is 15.3 Å². The van der Waals surface area contributed by atoms with Crippen LogP contribution in [0.5, 0.6) is 0 Å². The van der Waals surface area contributed by atoms with Crippen molar-refractivity contribution in [3.8, 4) is 0 Å². The highest BCUT2D eigenvalue weighted by Gasteiger charge is 2.40. The number of hydrogen-bond acceptors (Lipinski definition) is 4. The van der Waals surface area contributed by atoms with Gasteiger partial charge in [0.2, 0.25) is 5.91 Å². The fourth-order valence-corrected chi connectivity index (χ4v) is 3.84. The summed E-state index contributed by atoms with van der Waals surface area (Å²) in [6.07, 6.45) is 4.09. The first-order valence-corrected chi connectivity index (χ1v) is 9.95. The smallest absolute Gasteiger partial charge is 0.251 e. The molecule has 2 aromatic carbocycles. The molecule has 0 bridgehead atoms. The molecule has 6 nitrogen and oxygen atoms in total. The fraction of sp³-hybridized carbons (Fsp3) is 0.273. The highest BCUT2D eigenvalue weighted by atomic mass is 35.5. The number of nitrogens with one attached hydrogen (secondary N) is 2. The van der Waals surface area contributed by atoms with Crippen LogP contribution in [0.4, 0.5) is 5.69 Å². The summed E-state index contributed by atoms with van der Waals surface area (Å²) in [6, 6.07) is 13.1. The number of carbonyl (C=O) groups excluding carboxylic acids is 2. The van der Waals surface area contributed by atoms with Crippen molar-refractivity contribution in [3.63, 3.8) is 0 Å². The van der Waals surface area contributed by atoms with Gasteiger partial charge < -0.3 is 15.2 Å². The number of aryl methyl sites for hydroxylation is 1. The van der Waals surface area contributed by atoms with Crippen LogP contribution >= 0.6 is 11.6 Å². The van der Waals surface area contributed by atoms with E-state index in [1.165, 1.54) is 4.90 Å². The monoisotopic (exact) mass is 410 g/mol. The van der Waals surface area contributed by atoms with Gasteiger partial charge in [-0.1, -0.05) is 35.9 Å². The molecule has 4 rings (SSSR count). The van der Waals surface area contributed by atoms with E-state index in [2.05, 4.69) is 10.7 Å². The Bertz CT molecular complexity index is 973. The van der Waals surface area contributed by atoms with Crippen LogP contribution in [0.2, 0.25) is 5.02 Å².